The van der Waals surface area contributed by atoms with Gasteiger partial charge in [-0.1, -0.05) is 0 Å². The predicted octanol–water partition coefficient (Wildman–Crippen LogP) is 3.53. The Morgan fingerprint density at radius 1 is 1.05 bits per heavy atom. The number of ether oxygens (including phenoxy) is 2. The highest BCUT2D eigenvalue weighted by atomic mass is 19.2. The number of aromatic amines is 1. The van der Waals surface area contributed by atoms with Gasteiger partial charge in [0.1, 0.15) is 22.8 Å². The van der Waals surface area contributed by atoms with Crippen LogP contribution >= 0.6 is 0 Å². The molecule has 0 bridgehead atoms. The summed E-state index contributed by atoms with van der Waals surface area (Å²) in [5, 5.41) is 0. The number of imidazole rings is 1. The molecule has 0 aliphatic rings. The van der Waals surface area contributed by atoms with Gasteiger partial charge in [-0.25, -0.2) is 13.8 Å². The Balaban J connectivity index is 2.18. The Labute approximate surface area is 119 Å². The summed E-state index contributed by atoms with van der Waals surface area (Å²) in [6, 6.07) is 7.68. The third-order valence-electron chi connectivity index (χ3n) is 3.21. The van der Waals surface area contributed by atoms with Crippen LogP contribution in [0.25, 0.3) is 22.4 Å². The molecule has 21 heavy (non-hydrogen) atoms. The van der Waals surface area contributed by atoms with E-state index in [1.54, 1.807) is 25.3 Å². The molecule has 0 unspecified atom stereocenters. The maximum absolute atomic E-state index is 13.7. The summed E-state index contributed by atoms with van der Waals surface area (Å²) in [6.45, 7) is 0. The molecule has 1 heterocycles. The van der Waals surface area contributed by atoms with Crippen molar-refractivity contribution in [3.8, 4) is 22.9 Å². The molecule has 2 aromatic carbocycles. The van der Waals surface area contributed by atoms with Gasteiger partial charge < -0.3 is 14.5 Å². The Morgan fingerprint density at radius 2 is 1.86 bits per heavy atom. The third-order valence-corrected chi connectivity index (χ3v) is 3.21. The number of methoxy groups -OCH3 is 2. The quantitative estimate of drug-likeness (QED) is 0.802. The highest BCUT2D eigenvalue weighted by Crippen LogP contribution is 2.33. The van der Waals surface area contributed by atoms with Crippen LogP contribution in [0.2, 0.25) is 0 Å². The van der Waals surface area contributed by atoms with E-state index in [1.807, 2.05) is 0 Å². The van der Waals surface area contributed by atoms with Crippen LogP contribution in [0.15, 0.2) is 30.3 Å². The average Bonchev–Trinajstić information content (AvgIpc) is 2.95. The zero-order chi connectivity index (χ0) is 15.0. The summed E-state index contributed by atoms with van der Waals surface area (Å²) in [5.41, 5.74) is 1.01. The Kier molecular flexibility index (Phi) is 3.21. The first-order valence-electron chi connectivity index (χ1n) is 6.20. The number of H-pyrrole nitrogens is 1. The second kappa shape index (κ2) is 5.05. The average molecular weight is 290 g/mol. The van der Waals surface area contributed by atoms with Crippen molar-refractivity contribution in [3.05, 3.63) is 42.0 Å². The molecule has 3 rings (SSSR count). The van der Waals surface area contributed by atoms with E-state index >= 15 is 0 Å². The Morgan fingerprint density at radius 3 is 2.57 bits per heavy atom. The number of nitrogens with zero attached hydrogens (tertiary/aromatic N) is 1. The molecule has 6 heteroatoms. The number of fused-ring (bicyclic) bond motifs is 1. The molecule has 0 aliphatic carbocycles. The zero-order valence-corrected chi connectivity index (χ0v) is 11.4. The fraction of sp³-hybridized carbons (Fsp3) is 0.133. The first-order chi connectivity index (χ1) is 10.1. The van der Waals surface area contributed by atoms with Gasteiger partial charge in [-0.15, -0.1) is 0 Å². The summed E-state index contributed by atoms with van der Waals surface area (Å²) in [7, 11) is 3.06. The summed E-state index contributed by atoms with van der Waals surface area (Å²) < 4.78 is 37.4. The first-order valence-corrected chi connectivity index (χ1v) is 6.20. The van der Waals surface area contributed by atoms with E-state index in [0.717, 1.165) is 6.07 Å². The summed E-state index contributed by atoms with van der Waals surface area (Å²) >= 11 is 0. The van der Waals surface area contributed by atoms with E-state index in [2.05, 4.69) is 9.97 Å². The van der Waals surface area contributed by atoms with Crippen molar-refractivity contribution in [1.82, 2.24) is 9.97 Å². The van der Waals surface area contributed by atoms with Gasteiger partial charge in [0.25, 0.3) is 0 Å². The van der Waals surface area contributed by atoms with Crippen molar-refractivity contribution < 1.29 is 18.3 Å². The molecule has 0 atom stereocenters. The molecule has 1 aromatic heterocycles. The number of rotatable bonds is 3. The van der Waals surface area contributed by atoms with E-state index in [0.29, 0.717) is 28.4 Å². The number of hydrogen-bond acceptors (Lipinski definition) is 3. The van der Waals surface area contributed by atoms with Gasteiger partial charge in [0.2, 0.25) is 0 Å². The lowest BCUT2D eigenvalue weighted by Gasteiger charge is -2.08. The van der Waals surface area contributed by atoms with E-state index in [9.17, 15) is 8.78 Å². The Hall–Kier alpha value is -2.63. The van der Waals surface area contributed by atoms with Gasteiger partial charge in [0.05, 0.1) is 25.3 Å². The molecule has 0 radical (unpaired) electrons. The van der Waals surface area contributed by atoms with Crippen LogP contribution < -0.4 is 9.47 Å². The van der Waals surface area contributed by atoms with E-state index in [-0.39, 0.29) is 5.52 Å². The minimum absolute atomic E-state index is 0.0390. The highest BCUT2D eigenvalue weighted by molar-refractivity contribution is 5.81. The minimum Gasteiger partial charge on any atom is -0.497 e. The summed E-state index contributed by atoms with van der Waals surface area (Å²) in [6.07, 6.45) is 0. The van der Waals surface area contributed by atoms with Crippen LogP contribution in [0, 0.1) is 11.6 Å². The lowest BCUT2D eigenvalue weighted by atomic mass is 10.2. The van der Waals surface area contributed by atoms with Gasteiger partial charge >= 0.3 is 0 Å². The first kappa shape index (κ1) is 13.4. The van der Waals surface area contributed by atoms with Crippen molar-refractivity contribution in [3.63, 3.8) is 0 Å². The van der Waals surface area contributed by atoms with Crippen LogP contribution in [0.3, 0.4) is 0 Å². The van der Waals surface area contributed by atoms with Gasteiger partial charge in [-0.05, 0) is 24.3 Å². The zero-order valence-electron chi connectivity index (χ0n) is 11.4. The minimum atomic E-state index is -0.970. The molecule has 0 saturated carbocycles. The van der Waals surface area contributed by atoms with Crippen molar-refractivity contribution in [2.24, 2.45) is 0 Å². The van der Waals surface area contributed by atoms with Gasteiger partial charge in [-0.3, -0.25) is 0 Å². The van der Waals surface area contributed by atoms with Gasteiger partial charge in [0, 0.05) is 6.07 Å². The Bertz CT molecular complexity index is 815. The number of nitrogens with one attached hydrogen (secondary N) is 1. The van der Waals surface area contributed by atoms with E-state index < -0.39 is 11.6 Å². The second-order valence-corrected chi connectivity index (χ2v) is 4.41. The monoisotopic (exact) mass is 290 g/mol. The number of halogens is 2. The van der Waals surface area contributed by atoms with Crippen molar-refractivity contribution >= 4 is 11.0 Å². The molecular weight excluding hydrogens is 278 g/mol. The maximum Gasteiger partial charge on any atom is 0.186 e. The van der Waals surface area contributed by atoms with Crippen LogP contribution in [0.5, 0.6) is 11.5 Å². The third kappa shape index (κ3) is 2.18. The largest absolute Gasteiger partial charge is 0.497 e. The summed E-state index contributed by atoms with van der Waals surface area (Å²) in [4.78, 5) is 7.07. The molecule has 0 spiro atoms. The van der Waals surface area contributed by atoms with E-state index in [1.165, 1.54) is 13.2 Å². The molecule has 3 aromatic rings. The van der Waals surface area contributed by atoms with Gasteiger partial charge in [-0.2, -0.15) is 0 Å². The van der Waals surface area contributed by atoms with Gasteiger partial charge in [0.15, 0.2) is 11.6 Å². The van der Waals surface area contributed by atoms with Crippen molar-refractivity contribution in [2.45, 2.75) is 0 Å². The van der Waals surface area contributed by atoms with Crippen LogP contribution in [-0.4, -0.2) is 24.2 Å². The number of aromatic nitrogens is 2. The molecule has 0 aliphatic heterocycles. The molecule has 0 fully saturated rings. The number of hydrogen-bond donors (Lipinski definition) is 1. The molecule has 4 nitrogen and oxygen atoms in total. The topological polar surface area (TPSA) is 47.1 Å². The predicted molar refractivity (Wildman–Crippen MR) is 74.5 cm³/mol. The summed E-state index contributed by atoms with van der Waals surface area (Å²) in [5.74, 6) is -0.350. The molecule has 0 amide bonds. The molecule has 1 N–H and O–H groups in total. The highest BCUT2D eigenvalue weighted by Gasteiger charge is 2.15. The lowest BCUT2D eigenvalue weighted by molar-refractivity contribution is 0.395. The number of benzene rings is 2. The fourth-order valence-electron chi connectivity index (χ4n) is 2.14. The maximum atomic E-state index is 13.7. The van der Waals surface area contributed by atoms with Crippen LogP contribution in [-0.2, 0) is 0 Å². The smallest absolute Gasteiger partial charge is 0.186 e. The SMILES string of the molecule is COc1ccc(-c2nc3c(F)c(F)ccc3[nH]2)c(OC)c1. The van der Waals surface area contributed by atoms with Crippen LogP contribution in [0.1, 0.15) is 0 Å². The van der Waals surface area contributed by atoms with Crippen molar-refractivity contribution in [2.75, 3.05) is 14.2 Å². The van der Waals surface area contributed by atoms with Crippen LogP contribution in [0.4, 0.5) is 8.78 Å². The molecular formula is C15H12F2N2O2. The normalized spacial score (nSPS) is 10.9. The second-order valence-electron chi connectivity index (χ2n) is 4.41. The van der Waals surface area contributed by atoms with Crippen molar-refractivity contribution in [1.29, 1.82) is 0 Å². The lowest BCUT2D eigenvalue weighted by Crippen LogP contribution is -1.91. The van der Waals surface area contributed by atoms with E-state index in [4.69, 9.17) is 9.47 Å². The molecule has 0 saturated heterocycles. The standard InChI is InChI=1S/C15H12F2N2O2/c1-20-8-3-4-9(12(7-8)21-2)15-18-11-6-5-10(16)13(17)14(11)19-15/h3-7H,1-2H3,(H,18,19). The molecule has 108 valence electrons. The fourth-order valence-corrected chi connectivity index (χ4v) is 2.14.